The summed E-state index contributed by atoms with van der Waals surface area (Å²) in [5.41, 5.74) is 0. The molecule has 0 fully saturated rings. The van der Waals surface area contributed by atoms with E-state index in [-0.39, 0.29) is 89.3 Å². The molecule has 0 spiro atoms. The maximum Gasteiger partial charge on any atom is 2.00 e. The fraction of sp³-hybridized carbons (Fsp3) is 0.500. The van der Waals surface area contributed by atoms with E-state index < -0.39 is 11.9 Å². The third kappa shape index (κ3) is 317000. The largest absolute Gasteiger partial charge is 2.00 e. The molecule has 13 heteroatoms. The number of hydrogen-bond acceptors (Lipinski definition) is 4. The van der Waals surface area contributed by atoms with Gasteiger partial charge in [0, 0.05) is 11.9 Å². The van der Waals surface area contributed by atoms with Crippen LogP contribution in [0.3, 0.4) is 0 Å². The van der Waals surface area contributed by atoms with Crippen LogP contribution in [0.4, 0.5) is 0 Å². The Morgan fingerprint density at radius 2 is 0.588 bits per heavy atom. The van der Waals surface area contributed by atoms with E-state index in [1.54, 1.807) is 0 Å². The van der Waals surface area contributed by atoms with Crippen molar-refractivity contribution in [3.05, 3.63) is 0 Å². The van der Waals surface area contributed by atoms with Gasteiger partial charge in [-0.3, -0.25) is 0 Å². The smallest absolute Gasteiger partial charge is 0.550 e. The number of hydrogen-bond donors (Lipinski definition) is 0. The van der Waals surface area contributed by atoms with E-state index in [0.717, 1.165) is 13.8 Å². The fourth-order valence-corrected chi connectivity index (χ4v) is 0. The Morgan fingerprint density at radius 3 is 0.588 bits per heavy atom. The minimum Gasteiger partial charge on any atom is -0.550 e. The molecule has 0 bridgehead atoms. The van der Waals surface area contributed by atoms with Crippen molar-refractivity contribution in [2.24, 2.45) is 0 Å². The normalized spacial score (nSPS) is 2.94. The molecule has 0 amide bonds. The summed E-state index contributed by atoms with van der Waals surface area (Å²) in [6.45, 7) is 1.94. The van der Waals surface area contributed by atoms with E-state index in [4.69, 9.17) is 19.8 Å². The predicted molar refractivity (Wildman–Crippen MR) is 56.0 cm³/mol. The first kappa shape index (κ1) is 119. The molecule has 16 N–H and O–H groups in total. The Kier molecular flexibility index (Phi) is 691. The maximum absolute atomic E-state index is 8.89. The minimum absolute atomic E-state index is 0. The number of carboxylic acid groups (broad SMARTS) is 2. The first-order valence-corrected chi connectivity index (χ1v) is 1.82. The van der Waals surface area contributed by atoms with Crippen LogP contribution in [0.15, 0.2) is 0 Å². The van der Waals surface area contributed by atoms with Crippen LogP contribution in [0, 0.1) is 0 Å². The predicted octanol–water partition coefficient (Wildman–Crippen LogP) is -9.47. The van der Waals surface area contributed by atoms with E-state index in [0.29, 0.717) is 0 Å². The van der Waals surface area contributed by atoms with Crippen LogP contribution >= 0.6 is 0 Å². The Labute approximate surface area is 134 Å². The van der Waals surface area contributed by atoms with Gasteiger partial charge in [0.05, 0.1) is 0 Å². The number of aliphatic carboxylic acids is 2. The Hall–Kier alpha value is 0.101. The summed E-state index contributed by atoms with van der Waals surface area (Å²) in [6.07, 6.45) is 0. The minimum atomic E-state index is -1.08. The van der Waals surface area contributed by atoms with E-state index in [2.05, 4.69) is 0 Å². The maximum atomic E-state index is 8.89. The van der Waals surface area contributed by atoms with E-state index in [9.17, 15) is 0 Å². The van der Waals surface area contributed by atoms with Crippen molar-refractivity contribution in [3.63, 3.8) is 0 Å². The number of carbonyl (C=O) groups is 2. The van der Waals surface area contributed by atoms with Gasteiger partial charge in [-0.25, -0.2) is 0 Å². The fourth-order valence-electron chi connectivity index (χ4n) is 0. The van der Waals surface area contributed by atoms with Gasteiger partial charge in [0.2, 0.25) is 0 Å². The van der Waals surface area contributed by atoms with Gasteiger partial charge < -0.3 is 63.6 Å². The Bertz CT molecular complexity index is 76.5. The van der Waals surface area contributed by atoms with Crippen molar-refractivity contribution < 1.29 is 63.6 Å². The average molecular weight is 350 g/mol. The summed E-state index contributed by atoms with van der Waals surface area (Å²) in [4.78, 5) is 17.8. The van der Waals surface area contributed by atoms with Crippen molar-refractivity contribution in [3.8, 4) is 0 Å². The molecule has 0 rings (SSSR count). The topological polar surface area (TPSA) is 332 Å². The molecule has 0 heterocycles. The quantitative estimate of drug-likeness (QED) is 0.383. The molecule has 0 aliphatic rings. The van der Waals surface area contributed by atoms with Crippen LogP contribution in [0.1, 0.15) is 13.8 Å². The zero-order valence-corrected chi connectivity index (χ0v) is 12.8. The molecule has 0 atom stereocenters. The van der Waals surface area contributed by atoms with Crippen LogP contribution in [0.5, 0.6) is 0 Å². The van der Waals surface area contributed by atoms with Crippen molar-refractivity contribution in [2.45, 2.75) is 13.8 Å². The molecule has 0 aliphatic heterocycles. The summed E-state index contributed by atoms with van der Waals surface area (Å²) < 4.78 is 0. The third-order valence-electron chi connectivity index (χ3n) is 0. The van der Waals surface area contributed by atoms with Gasteiger partial charge in [-0.2, -0.15) is 0 Å². The standard InChI is InChI=1S/2C2H4O2.8H2O.Sr/c2*1-2(3)4;;;;;;;;;/h2*1H3,(H,3,4);8*1H2;/q;;;;;;;;;;+2/p-2. The van der Waals surface area contributed by atoms with Gasteiger partial charge in [-0.05, 0) is 13.8 Å². The van der Waals surface area contributed by atoms with E-state index >= 15 is 0 Å². The second kappa shape index (κ2) is 98.6. The molecule has 0 unspecified atom stereocenters. The van der Waals surface area contributed by atoms with Crippen LogP contribution in [-0.2, 0) is 9.59 Å². The number of carboxylic acids is 2. The van der Waals surface area contributed by atoms with Gasteiger partial charge in [0.25, 0.3) is 0 Å². The number of carbonyl (C=O) groups excluding carboxylic acids is 2. The molecule has 0 aliphatic carbocycles. The van der Waals surface area contributed by atoms with Crippen molar-refractivity contribution in [1.82, 2.24) is 0 Å². The monoisotopic (exact) mass is 350 g/mol. The van der Waals surface area contributed by atoms with Gasteiger partial charge in [-0.1, -0.05) is 0 Å². The van der Waals surface area contributed by atoms with Gasteiger partial charge in [0.1, 0.15) is 0 Å². The molecule has 0 saturated heterocycles. The third-order valence-corrected chi connectivity index (χ3v) is 0. The average Bonchev–Trinajstić information content (AvgIpc) is 1.25. The molecule has 0 saturated carbocycles. The van der Waals surface area contributed by atoms with Crippen molar-refractivity contribution >= 4 is 57.4 Å². The van der Waals surface area contributed by atoms with Crippen molar-refractivity contribution in [1.29, 1.82) is 0 Å². The van der Waals surface area contributed by atoms with Crippen molar-refractivity contribution in [2.75, 3.05) is 0 Å². The molecule has 0 aromatic rings. The molecule has 112 valence electrons. The summed E-state index contributed by atoms with van der Waals surface area (Å²) >= 11 is 0. The van der Waals surface area contributed by atoms with E-state index in [1.807, 2.05) is 0 Å². The molecule has 0 aromatic carbocycles. The second-order valence-corrected chi connectivity index (χ2v) is 0.983. The summed E-state index contributed by atoms with van der Waals surface area (Å²) in [7, 11) is 0. The molecule has 12 nitrogen and oxygen atoms in total. The molecule has 0 aromatic heterocycles. The van der Waals surface area contributed by atoms with Crippen LogP contribution < -0.4 is 10.2 Å². The van der Waals surface area contributed by atoms with Gasteiger partial charge >= 0.3 is 45.5 Å². The molecular weight excluding hydrogens is 328 g/mol. The molecule has 0 radical (unpaired) electrons. The van der Waals surface area contributed by atoms with Crippen LogP contribution in [-0.4, -0.2) is 101 Å². The first-order chi connectivity index (χ1) is 3.46. The molecular formula is C4H22O12Sr. The van der Waals surface area contributed by atoms with E-state index in [1.165, 1.54) is 0 Å². The first-order valence-electron chi connectivity index (χ1n) is 1.82. The Balaban J connectivity index is -0.00000000308. The van der Waals surface area contributed by atoms with Gasteiger partial charge in [0.15, 0.2) is 0 Å². The van der Waals surface area contributed by atoms with Gasteiger partial charge in [-0.15, -0.1) is 0 Å². The molecule has 17 heavy (non-hydrogen) atoms. The summed E-state index contributed by atoms with van der Waals surface area (Å²) in [6, 6.07) is 0. The summed E-state index contributed by atoms with van der Waals surface area (Å²) in [5, 5.41) is 17.8. The second-order valence-electron chi connectivity index (χ2n) is 0.983. The zero-order valence-electron chi connectivity index (χ0n) is 9.34. The SMILES string of the molecule is CC(=O)[O-].CC(=O)[O-].O.O.O.O.O.O.O.O.[Sr+2]. The summed E-state index contributed by atoms with van der Waals surface area (Å²) in [5.74, 6) is -2.17. The van der Waals surface area contributed by atoms with Crippen LogP contribution in [0.2, 0.25) is 0 Å². The van der Waals surface area contributed by atoms with Crippen LogP contribution in [0.25, 0.3) is 0 Å². The zero-order chi connectivity index (χ0) is 7.15. The number of rotatable bonds is 0. The Morgan fingerprint density at radius 1 is 0.588 bits per heavy atom.